The second-order valence-corrected chi connectivity index (χ2v) is 29.6. The van der Waals surface area contributed by atoms with Gasteiger partial charge in [0.15, 0.2) is 67.8 Å². The molecule has 0 unspecified atom stereocenters. The maximum Gasteiger partial charge on any atom is 1.00 e. The predicted molar refractivity (Wildman–Crippen MR) is 553 cm³/mol. The minimum absolute atomic E-state index is 0. The van der Waals surface area contributed by atoms with E-state index in [-0.39, 0.29) is 144 Å². The number of ether oxygens (including phenoxy) is 3. The summed E-state index contributed by atoms with van der Waals surface area (Å²) >= 11 is 12.4. The topological polar surface area (TPSA) is 355 Å². The maximum absolute atomic E-state index is 12.2. The molecule has 2 amide bonds. The molecule has 0 aliphatic heterocycles. The molecule has 0 fully saturated rings. The van der Waals surface area contributed by atoms with E-state index in [1.54, 1.807) is 181 Å². The number of carboxylic acid groups (broad SMARTS) is 1. The number of thiocarbonyl (C=S) groups is 1. The number of Topliss-reactive ketones (excluding diaryl/α,β-unsaturated/α-hetero) is 1. The Hall–Kier alpha value is -10.5. The Morgan fingerprint density at radius 1 is 0.477 bits per heavy atom. The molecular formula is C86H92B10IKN15O13S6. The molecule has 28 nitrogen and oxygen atoms in total. The molecule has 0 saturated carbocycles. The monoisotopic (exact) mass is 2010 g/mol. The van der Waals surface area contributed by atoms with E-state index in [9.17, 15) is 33.6 Å². The molecule has 0 bridgehead atoms. The predicted octanol–water partition coefficient (Wildman–Crippen LogP) is 17.1. The van der Waals surface area contributed by atoms with Crippen LogP contribution in [-0.4, -0.2) is 204 Å². The Morgan fingerprint density at radius 3 is 0.970 bits per heavy atom. The van der Waals surface area contributed by atoms with E-state index < -0.39 is 24.9 Å². The van der Waals surface area contributed by atoms with Gasteiger partial charge in [0, 0.05) is 45.3 Å². The summed E-state index contributed by atoms with van der Waals surface area (Å²) in [5.41, 5.74) is 21.6. The Kier molecular flexibility index (Phi) is 73.2. The van der Waals surface area contributed by atoms with Gasteiger partial charge in [0.1, 0.15) is 0 Å². The van der Waals surface area contributed by atoms with Crippen molar-refractivity contribution in [2.24, 2.45) is 5.73 Å². The van der Waals surface area contributed by atoms with Crippen LogP contribution in [0.15, 0.2) is 151 Å². The van der Waals surface area contributed by atoms with E-state index >= 15 is 0 Å². The number of esters is 3. The van der Waals surface area contributed by atoms with E-state index in [4.69, 9.17) is 90.8 Å². The molecule has 6 N–H and O–H groups in total. The molecule has 0 spiro atoms. The number of carboxylic acids is 1. The molecule has 663 valence electrons. The van der Waals surface area contributed by atoms with Gasteiger partial charge in [-0.2, -0.15) is 22.4 Å². The number of nitrogens with two attached hydrogens (primary N) is 1. The van der Waals surface area contributed by atoms with Gasteiger partial charge < -0.3 is 53.1 Å². The van der Waals surface area contributed by atoms with E-state index in [2.05, 4.69) is 84.3 Å². The molecule has 132 heavy (non-hydrogen) atoms. The van der Waals surface area contributed by atoms with Crippen molar-refractivity contribution in [3.05, 3.63) is 270 Å². The first-order valence-corrected chi connectivity index (χ1v) is 42.3. The normalized spacial score (nSPS) is 8.84. The first-order valence-electron chi connectivity index (χ1n) is 36.5. The number of aromatic nitrogens is 5. The van der Waals surface area contributed by atoms with Crippen LogP contribution in [0.1, 0.15) is 143 Å². The number of rotatable bonds is 20. The SMILES string of the molecule is C.C.C.C.CCOC(=O)C(N)=S.C[B]B(O)O.[B-].[B].[B]=N.[B]CN([B]C)C(=O)c1nc(-c2ccc([N+]#[C-])cc2)c(C)s1.[B]CN([B]C)C(=O)c1nc(-c2ccc([N+]#[C-])cc2)c(C)s1.[B]I.[C-]#[N+]c1ccc(-c2csc(C(=O)OCC)n2)cc1.[C-]#[N+]c1ccc(-c2nc(C(=O)O)sc2C)cc1.[C-]#[N+]c1ccc(-c2nc(C(=O)OCC)sc2C)cc1.[C-]#[N+]c1ccc(C(=O)CC)cc1.[K+]. The van der Waals surface area contributed by atoms with Crippen LogP contribution in [0.25, 0.3) is 85.4 Å². The van der Waals surface area contributed by atoms with Gasteiger partial charge in [0.05, 0.1) is 103 Å². The number of thiazole rings is 5. The summed E-state index contributed by atoms with van der Waals surface area (Å²) in [4.78, 5) is 128. The second kappa shape index (κ2) is 73.1. The van der Waals surface area contributed by atoms with Crippen LogP contribution in [0.3, 0.4) is 0 Å². The average Bonchev–Trinajstić information content (AvgIpc) is 1.57. The number of aromatic carboxylic acids is 1. The Labute approximate surface area is 868 Å². The standard InChI is InChI=1S/2C14H12B2N3OS.C14H12N2O2S.C13H10N2O2S.C12H8N2O2S.C10H9NO.C4H7NO2S.CH5B2O2.4CH4.BI.BHN.2B.K/c2*1-9-12(10-4-6-11(17-3)7-5-10)18-13(21-9)14(20)19(8-15)16-2;1-4-18-14(17)13-16-12(9(2)19-13)10-5-7-11(15-3)8-6-10;1-3-17-13(16)12-15-11(8-18-12)9-4-6-10(14-2)7-5-9;1-7-10(14-11(17-7)12(15)16)8-3-5-9(13-2)6-4-8;1-3-10(12)8-4-6-9(11-2)7-5-8;1-2-7-4(6)3(5)8;1-2-3(4)5;;;;;2*1-2;;;/h2*4-7H,8H2,1-2H3;5-8H,4H2,1-2H3;4-8H,3H2,1H3;3-6H,1H3,(H,15,16);4-7H,3H2,1H3;2H2,1H3,(H2,5,8);4-5H,1H3;4*1H4;;2H;;;/q;;;;;;;;;;;;;;;-1;+1. The molecule has 0 atom stereocenters. The van der Waals surface area contributed by atoms with Gasteiger partial charge >= 0.3 is 95.2 Å². The Morgan fingerprint density at radius 2 is 0.735 bits per heavy atom. The smallest absolute Gasteiger partial charge is 0.476 e. The number of nitrogens with one attached hydrogen (secondary N) is 1. The number of hydrogen-bond acceptors (Lipinski definition) is 24. The van der Waals surface area contributed by atoms with Crippen LogP contribution in [0, 0.1) is 72.4 Å². The zero-order valence-electron chi connectivity index (χ0n) is 71.6. The summed E-state index contributed by atoms with van der Waals surface area (Å²) < 4.78 is 14.2. The van der Waals surface area contributed by atoms with Gasteiger partial charge in [0.25, 0.3) is 11.8 Å². The van der Waals surface area contributed by atoms with Crippen molar-refractivity contribution >= 4 is 247 Å². The summed E-state index contributed by atoms with van der Waals surface area (Å²) in [6, 6.07) is 42.3. The molecule has 0 saturated heterocycles. The van der Waals surface area contributed by atoms with Crippen LogP contribution in [0.4, 0.5) is 34.1 Å². The van der Waals surface area contributed by atoms with Gasteiger partial charge in [-0.3, -0.25) is 14.4 Å². The fourth-order valence-electron chi connectivity index (χ4n) is 9.37. The summed E-state index contributed by atoms with van der Waals surface area (Å²) in [6.45, 7) is 62.0. The van der Waals surface area contributed by atoms with Gasteiger partial charge in [0.2, 0.25) is 29.9 Å². The molecular weight excluding hydrogens is 1920 g/mol. The summed E-state index contributed by atoms with van der Waals surface area (Å²) in [5, 5.41) is 33.3. The number of aryl methyl sites for hydroxylation is 4. The van der Waals surface area contributed by atoms with Crippen molar-refractivity contribution < 1.29 is 114 Å². The molecule has 0 aliphatic rings. The van der Waals surface area contributed by atoms with Crippen LogP contribution in [0.2, 0.25) is 20.5 Å². The summed E-state index contributed by atoms with van der Waals surface area (Å²) in [5.74, 6) is -2.68. The van der Waals surface area contributed by atoms with Crippen LogP contribution < -0.4 is 57.1 Å². The molecule has 17 radical (unpaired) electrons. The van der Waals surface area contributed by atoms with E-state index in [0.717, 1.165) is 81.4 Å². The van der Waals surface area contributed by atoms with Crippen molar-refractivity contribution in [2.45, 2.75) is 112 Å². The number of hydrogen-bond donors (Lipinski definition) is 5. The van der Waals surface area contributed by atoms with Crippen molar-refractivity contribution in [3.8, 4) is 56.3 Å². The summed E-state index contributed by atoms with van der Waals surface area (Å²) in [7, 11) is 18.1. The van der Waals surface area contributed by atoms with Crippen molar-refractivity contribution in [3.63, 3.8) is 0 Å². The van der Waals surface area contributed by atoms with Crippen molar-refractivity contribution in [1.29, 1.82) is 5.31 Å². The third kappa shape index (κ3) is 43.9. The molecule has 11 rings (SSSR count). The van der Waals surface area contributed by atoms with Gasteiger partial charge in [-0.1, -0.05) is 215 Å². The average molecular weight is 2010 g/mol. The van der Waals surface area contributed by atoms with Crippen LogP contribution >= 0.6 is 91.3 Å². The zero-order valence-corrected chi connectivity index (χ0v) is 81.8. The Bertz CT molecular complexity index is 5520. The zero-order chi connectivity index (χ0) is 93.8. The van der Waals surface area contributed by atoms with E-state index in [0.29, 0.717) is 91.7 Å². The quantitative estimate of drug-likeness (QED) is 0.00900. The van der Waals surface area contributed by atoms with Gasteiger partial charge in [-0.25, -0.2) is 73.2 Å². The fraction of sp³-hybridized carbons (Fsp3) is 0.244. The van der Waals surface area contributed by atoms with Crippen molar-refractivity contribution in [2.75, 3.05) is 32.7 Å². The number of carbonyl (C=O) groups excluding carboxylic acids is 6. The van der Waals surface area contributed by atoms with Crippen molar-refractivity contribution in [1.82, 2.24) is 34.5 Å². The number of halogens is 1. The number of benzene rings is 6. The van der Waals surface area contributed by atoms with E-state index in [1.165, 1.54) is 62.1 Å². The fourth-order valence-corrected chi connectivity index (χ4v) is 13.5. The molecule has 11 aromatic rings. The minimum atomic E-state index is -1.24. The first-order chi connectivity index (χ1) is 59.9. The second-order valence-electron chi connectivity index (χ2n) is 23.5. The Balaban J connectivity index is -0.000000346. The largest absolute Gasteiger partial charge is 1.00 e. The summed E-state index contributed by atoms with van der Waals surface area (Å²) in [6.07, 6.45) is 0.767. The van der Waals surface area contributed by atoms with Gasteiger partial charge in [-0.15, -0.1) is 56.7 Å². The van der Waals surface area contributed by atoms with Crippen LogP contribution in [-0.2, 0) is 19.0 Å². The molecule has 5 aromatic heterocycles. The number of amides is 2. The third-order valence-electron chi connectivity index (χ3n) is 15.5. The molecule has 6 aromatic carbocycles. The molecule has 5 heterocycles. The first kappa shape index (κ1) is 132. The minimum Gasteiger partial charge on any atom is -0.476 e. The van der Waals surface area contributed by atoms with E-state index in [1.807, 2.05) is 83.1 Å². The molecule has 0 aliphatic carbocycles. The molecule has 46 heteroatoms. The van der Waals surface area contributed by atoms with Crippen LogP contribution in [0.5, 0.6) is 0 Å². The number of nitrogens with zero attached hydrogens (tertiary/aromatic N) is 13. The number of carbonyl (C=O) groups is 7. The van der Waals surface area contributed by atoms with Gasteiger partial charge in [-0.05, 0) is 89.2 Å². The third-order valence-corrected chi connectivity index (χ3v) is 20.3. The number of ketones is 1. The maximum atomic E-state index is 12.2.